The lowest BCUT2D eigenvalue weighted by molar-refractivity contribution is -0.387. The van der Waals surface area contributed by atoms with Crippen molar-refractivity contribution < 1.29 is 18.1 Å². The Hall–Kier alpha value is -1.71. The number of ether oxygens (including phenoxy) is 1. The molecule has 0 radical (unpaired) electrons. The van der Waals surface area contributed by atoms with Crippen LogP contribution in [0.4, 0.5) is 5.69 Å². The Kier molecular flexibility index (Phi) is 5.55. The molecule has 1 aliphatic heterocycles. The first-order valence-corrected chi connectivity index (χ1v) is 8.90. The van der Waals surface area contributed by atoms with Crippen molar-refractivity contribution in [3.63, 3.8) is 0 Å². The first kappa shape index (κ1) is 17.6. The molecule has 2 rings (SSSR count). The normalized spacial score (nSPS) is 18.3. The molecule has 1 aromatic rings. The van der Waals surface area contributed by atoms with Crippen LogP contribution in [-0.4, -0.2) is 50.4 Å². The number of rotatable bonds is 7. The van der Waals surface area contributed by atoms with Gasteiger partial charge in [-0.05, 0) is 31.5 Å². The molecule has 1 aromatic carbocycles. The van der Waals surface area contributed by atoms with E-state index in [-0.39, 0.29) is 16.7 Å². The SMILES string of the molecule is CCCN(C1CCNC1)S(=O)(=O)c1ccc(OC)cc1[N+](=O)[O-]. The second-order valence-electron chi connectivity index (χ2n) is 5.35. The van der Waals surface area contributed by atoms with Gasteiger partial charge in [-0.15, -0.1) is 0 Å². The molecular formula is C14H21N3O5S. The number of sulfonamides is 1. The summed E-state index contributed by atoms with van der Waals surface area (Å²) < 4.78 is 32.3. The summed E-state index contributed by atoms with van der Waals surface area (Å²) in [6.07, 6.45) is 1.34. The fraction of sp³-hybridized carbons (Fsp3) is 0.571. The van der Waals surface area contributed by atoms with Crippen LogP contribution in [0.2, 0.25) is 0 Å². The van der Waals surface area contributed by atoms with Crippen molar-refractivity contribution in [1.82, 2.24) is 9.62 Å². The van der Waals surface area contributed by atoms with Gasteiger partial charge in [0.05, 0.1) is 18.1 Å². The van der Waals surface area contributed by atoms with Crippen LogP contribution in [0.5, 0.6) is 5.75 Å². The molecule has 1 unspecified atom stereocenters. The summed E-state index contributed by atoms with van der Waals surface area (Å²) in [5, 5.41) is 14.4. The van der Waals surface area contributed by atoms with E-state index in [1.807, 2.05) is 6.92 Å². The van der Waals surface area contributed by atoms with E-state index >= 15 is 0 Å². The van der Waals surface area contributed by atoms with E-state index < -0.39 is 20.6 Å². The third kappa shape index (κ3) is 3.62. The van der Waals surface area contributed by atoms with E-state index in [2.05, 4.69) is 5.32 Å². The van der Waals surface area contributed by atoms with E-state index in [1.54, 1.807) is 0 Å². The molecule has 1 atom stereocenters. The molecule has 0 amide bonds. The highest BCUT2D eigenvalue weighted by Crippen LogP contribution is 2.32. The molecule has 1 saturated heterocycles. The minimum atomic E-state index is -3.95. The van der Waals surface area contributed by atoms with Crippen LogP contribution >= 0.6 is 0 Å². The zero-order chi connectivity index (χ0) is 17.0. The molecule has 0 spiro atoms. The number of hydrogen-bond acceptors (Lipinski definition) is 6. The molecule has 23 heavy (non-hydrogen) atoms. The number of benzene rings is 1. The van der Waals surface area contributed by atoms with Gasteiger partial charge in [-0.25, -0.2) is 8.42 Å². The Morgan fingerprint density at radius 1 is 1.48 bits per heavy atom. The second-order valence-corrected chi connectivity index (χ2v) is 7.21. The Morgan fingerprint density at radius 3 is 2.74 bits per heavy atom. The zero-order valence-electron chi connectivity index (χ0n) is 13.2. The van der Waals surface area contributed by atoms with Crippen molar-refractivity contribution in [2.45, 2.75) is 30.7 Å². The highest BCUT2D eigenvalue weighted by atomic mass is 32.2. The number of nitro benzene ring substituents is 1. The Labute approximate surface area is 135 Å². The van der Waals surface area contributed by atoms with Gasteiger partial charge in [-0.3, -0.25) is 10.1 Å². The lowest BCUT2D eigenvalue weighted by Crippen LogP contribution is -2.42. The summed E-state index contributed by atoms with van der Waals surface area (Å²) >= 11 is 0. The summed E-state index contributed by atoms with van der Waals surface area (Å²) in [4.78, 5) is 10.3. The minimum absolute atomic E-state index is 0.179. The number of nitro groups is 1. The van der Waals surface area contributed by atoms with Crippen molar-refractivity contribution in [2.75, 3.05) is 26.7 Å². The average molecular weight is 343 g/mol. The molecule has 0 bridgehead atoms. The molecule has 0 saturated carbocycles. The predicted octanol–water partition coefficient (Wildman–Crippen LogP) is 1.37. The van der Waals surface area contributed by atoms with E-state index in [1.165, 1.54) is 23.5 Å². The topological polar surface area (TPSA) is 102 Å². The maximum Gasteiger partial charge on any atom is 0.293 e. The monoisotopic (exact) mass is 343 g/mol. The van der Waals surface area contributed by atoms with Crippen molar-refractivity contribution in [1.29, 1.82) is 0 Å². The molecule has 1 fully saturated rings. The summed E-state index contributed by atoms with van der Waals surface area (Å²) in [5.74, 6) is 0.250. The van der Waals surface area contributed by atoms with Crippen LogP contribution in [-0.2, 0) is 10.0 Å². The Bertz CT molecular complexity index is 671. The maximum absolute atomic E-state index is 13.0. The standard InChI is InChI=1S/C14H21N3O5S/c1-3-8-16(11-6-7-15-10-11)23(20,21)14-5-4-12(22-2)9-13(14)17(18)19/h4-5,9,11,15H,3,6-8,10H2,1-2H3. The van der Waals surface area contributed by atoms with Crippen molar-refractivity contribution >= 4 is 15.7 Å². The lowest BCUT2D eigenvalue weighted by atomic mass is 10.2. The maximum atomic E-state index is 13.0. The van der Waals surface area contributed by atoms with Gasteiger partial charge >= 0.3 is 0 Å². The summed E-state index contributed by atoms with van der Waals surface area (Å²) in [6, 6.07) is 3.64. The lowest BCUT2D eigenvalue weighted by Gasteiger charge is -2.27. The van der Waals surface area contributed by atoms with E-state index in [0.29, 0.717) is 25.9 Å². The molecule has 8 nitrogen and oxygen atoms in total. The predicted molar refractivity (Wildman–Crippen MR) is 85.1 cm³/mol. The molecule has 1 heterocycles. The Balaban J connectivity index is 2.50. The van der Waals surface area contributed by atoms with Gasteiger partial charge in [0.2, 0.25) is 10.0 Å². The highest BCUT2D eigenvalue weighted by molar-refractivity contribution is 7.89. The molecule has 1 aliphatic rings. The number of hydrogen-bond donors (Lipinski definition) is 1. The van der Waals surface area contributed by atoms with Gasteiger partial charge in [-0.2, -0.15) is 4.31 Å². The smallest absolute Gasteiger partial charge is 0.293 e. The quantitative estimate of drug-likeness (QED) is 0.592. The molecule has 0 aliphatic carbocycles. The first-order valence-electron chi connectivity index (χ1n) is 7.46. The number of nitrogens with zero attached hydrogens (tertiary/aromatic N) is 2. The second kappa shape index (κ2) is 7.24. The summed E-state index contributed by atoms with van der Waals surface area (Å²) in [7, 11) is -2.58. The van der Waals surface area contributed by atoms with Crippen molar-refractivity contribution in [3.05, 3.63) is 28.3 Å². The third-order valence-electron chi connectivity index (χ3n) is 3.84. The van der Waals surface area contributed by atoms with Gasteiger partial charge in [0.25, 0.3) is 5.69 Å². The van der Waals surface area contributed by atoms with Crippen LogP contribution in [0.15, 0.2) is 23.1 Å². The van der Waals surface area contributed by atoms with E-state index in [4.69, 9.17) is 4.74 Å². The van der Waals surface area contributed by atoms with Crippen LogP contribution < -0.4 is 10.1 Å². The van der Waals surface area contributed by atoms with Gasteiger partial charge < -0.3 is 10.1 Å². The van der Waals surface area contributed by atoms with Gasteiger partial charge in [0.15, 0.2) is 4.90 Å². The average Bonchev–Trinajstić information content (AvgIpc) is 3.05. The van der Waals surface area contributed by atoms with Crippen molar-refractivity contribution in [3.8, 4) is 5.75 Å². The zero-order valence-corrected chi connectivity index (χ0v) is 14.0. The van der Waals surface area contributed by atoms with Gasteiger partial charge in [-0.1, -0.05) is 6.92 Å². The third-order valence-corrected chi connectivity index (χ3v) is 5.83. The van der Waals surface area contributed by atoms with Crippen LogP contribution in [0, 0.1) is 10.1 Å². The fourth-order valence-corrected chi connectivity index (χ4v) is 4.60. The van der Waals surface area contributed by atoms with E-state index in [9.17, 15) is 18.5 Å². The van der Waals surface area contributed by atoms with Crippen LogP contribution in [0.3, 0.4) is 0 Å². The molecule has 0 aromatic heterocycles. The largest absolute Gasteiger partial charge is 0.497 e. The number of methoxy groups -OCH3 is 1. The minimum Gasteiger partial charge on any atom is -0.497 e. The van der Waals surface area contributed by atoms with Gasteiger partial charge in [0.1, 0.15) is 5.75 Å². The number of nitrogens with one attached hydrogen (secondary N) is 1. The molecule has 1 N–H and O–H groups in total. The fourth-order valence-electron chi connectivity index (χ4n) is 2.72. The molecule has 9 heteroatoms. The first-order chi connectivity index (χ1) is 10.9. The van der Waals surface area contributed by atoms with Crippen LogP contribution in [0.1, 0.15) is 19.8 Å². The van der Waals surface area contributed by atoms with Gasteiger partial charge in [0, 0.05) is 19.1 Å². The van der Waals surface area contributed by atoms with Crippen molar-refractivity contribution in [2.24, 2.45) is 0 Å². The Morgan fingerprint density at radius 2 is 2.22 bits per heavy atom. The molecule has 128 valence electrons. The highest BCUT2D eigenvalue weighted by Gasteiger charge is 2.36. The van der Waals surface area contributed by atoms with E-state index in [0.717, 1.165) is 12.6 Å². The summed E-state index contributed by atoms with van der Waals surface area (Å²) in [5.41, 5.74) is -0.462. The van der Waals surface area contributed by atoms with Crippen LogP contribution in [0.25, 0.3) is 0 Å². The summed E-state index contributed by atoms with van der Waals surface area (Å²) in [6.45, 7) is 3.51. The molecular weight excluding hydrogens is 322 g/mol.